The summed E-state index contributed by atoms with van der Waals surface area (Å²) in [6, 6.07) is 5.91. The van der Waals surface area contributed by atoms with E-state index >= 15 is 0 Å². The Bertz CT molecular complexity index is 559. The molecule has 4 nitrogen and oxygen atoms in total. The van der Waals surface area contributed by atoms with E-state index in [4.69, 9.17) is 28.3 Å². The SMILES string of the molecule is CN(CC(=O)O)C1CCCN(CCSc2cc(Cl)ccc2Cl)CC1. The summed E-state index contributed by atoms with van der Waals surface area (Å²) in [6.45, 7) is 3.20. The molecule has 1 aliphatic rings. The third-order valence-corrected chi connectivity index (χ3v) is 6.07. The van der Waals surface area contributed by atoms with Crippen LogP contribution >= 0.6 is 35.0 Å². The van der Waals surface area contributed by atoms with Crippen molar-refractivity contribution in [2.24, 2.45) is 0 Å². The number of likely N-dealkylation sites (tertiary alicyclic amines) is 1. The molecule has 0 radical (unpaired) electrons. The van der Waals surface area contributed by atoms with E-state index in [1.807, 2.05) is 24.1 Å². The van der Waals surface area contributed by atoms with Gasteiger partial charge < -0.3 is 10.0 Å². The van der Waals surface area contributed by atoms with Crippen LogP contribution in [0.5, 0.6) is 0 Å². The van der Waals surface area contributed by atoms with Crippen LogP contribution in [0.1, 0.15) is 19.3 Å². The summed E-state index contributed by atoms with van der Waals surface area (Å²) in [7, 11) is 1.91. The second-order valence-corrected chi connectivity index (χ2v) is 8.14. The van der Waals surface area contributed by atoms with Crippen molar-refractivity contribution in [2.45, 2.75) is 30.2 Å². The number of carboxylic acid groups (broad SMARTS) is 1. The Morgan fingerprint density at radius 3 is 2.92 bits per heavy atom. The van der Waals surface area contributed by atoms with Crippen LogP contribution in [0.4, 0.5) is 0 Å². The van der Waals surface area contributed by atoms with E-state index in [1.165, 1.54) is 0 Å². The van der Waals surface area contributed by atoms with E-state index in [1.54, 1.807) is 17.8 Å². The quantitative estimate of drug-likeness (QED) is 0.713. The van der Waals surface area contributed by atoms with Gasteiger partial charge >= 0.3 is 5.97 Å². The second kappa shape index (κ2) is 9.88. The molecule has 1 heterocycles. The minimum Gasteiger partial charge on any atom is -0.480 e. The largest absolute Gasteiger partial charge is 0.480 e. The molecule has 7 heteroatoms. The van der Waals surface area contributed by atoms with Gasteiger partial charge in [0.05, 0.1) is 11.6 Å². The van der Waals surface area contributed by atoms with Crippen LogP contribution in [-0.4, -0.2) is 65.9 Å². The number of carboxylic acids is 1. The highest BCUT2D eigenvalue weighted by Gasteiger charge is 2.21. The van der Waals surface area contributed by atoms with Crippen LogP contribution in [0.25, 0.3) is 0 Å². The molecule has 1 fully saturated rings. The average molecular weight is 391 g/mol. The molecule has 1 aliphatic heterocycles. The minimum absolute atomic E-state index is 0.119. The van der Waals surface area contributed by atoms with Gasteiger partial charge in [-0.3, -0.25) is 9.69 Å². The van der Waals surface area contributed by atoms with Crippen LogP contribution in [0.15, 0.2) is 23.1 Å². The van der Waals surface area contributed by atoms with Gasteiger partial charge in [0, 0.05) is 28.3 Å². The fourth-order valence-corrected chi connectivity index (χ4v) is 4.52. The normalized spacial score (nSPS) is 19.4. The second-order valence-electron chi connectivity index (χ2n) is 6.16. The lowest BCUT2D eigenvalue weighted by Gasteiger charge is -2.25. The van der Waals surface area contributed by atoms with Crippen LogP contribution in [0, 0.1) is 0 Å². The Labute approximate surface area is 158 Å². The molecule has 1 aromatic carbocycles. The number of carbonyl (C=O) groups is 1. The van der Waals surface area contributed by atoms with Crippen LogP contribution in [0.2, 0.25) is 10.0 Å². The van der Waals surface area contributed by atoms with Gasteiger partial charge in [0.15, 0.2) is 0 Å². The first-order chi connectivity index (χ1) is 11.5. The third-order valence-electron chi connectivity index (χ3n) is 4.36. The molecule has 1 saturated heterocycles. The Balaban J connectivity index is 1.76. The van der Waals surface area contributed by atoms with Crippen LogP contribution < -0.4 is 0 Å². The topological polar surface area (TPSA) is 43.8 Å². The summed E-state index contributed by atoms with van der Waals surface area (Å²) >= 11 is 13.9. The molecular formula is C17H24Cl2N2O2S. The Kier molecular flexibility index (Phi) is 8.17. The molecule has 24 heavy (non-hydrogen) atoms. The van der Waals surface area contributed by atoms with E-state index in [0.29, 0.717) is 11.1 Å². The number of aliphatic carboxylic acids is 1. The fourth-order valence-electron chi connectivity index (χ4n) is 3.02. The van der Waals surface area contributed by atoms with Crippen molar-refractivity contribution in [3.63, 3.8) is 0 Å². The summed E-state index contributed by atoms with van der Waals surface area (Å²) in [6.07, 6.45) is 3.19. The molecule has 0 aliphatic carbocycles. The molecule has 1 unspecified atom stereocenters. The number of hydrogen-bond donors (Lipinski definition) is 1. The lowest BCUT2D eigenvalue weighted by Crippen LogP contribution is -2.36. The highest BCUT2D eigenvalue weighted by Crippen LogP contribution is 2.30. The predicted octanol–water partition coefficient (Wildman–Crippen LogP) is 3.96. The van der Waals surface area contributed by atoms with Crippen molar-refractivity contribution < 1.29 is 9.90 Å². The molecule has 0 amide bonds. The lowest BCUT2D eigenvalue weighted by molar-refractivity contribution is -0.138. The number of nitrogens with zero attached hydrogens (tertiary/aromatic N) is 2. The Hall–Kier alpha value is -0.460. The van der Waals surface area contributed by atoms with E-state index in [-0.39, 0.29) is 6.54 Å². The molecule has 134 valence electrons. The van der Waals surface area contributed by atoms with Crippen LogP contribution in [-0.2, 0) is 4.79 Å². The highest BCUT2D eigenvalue weighted by atomic mass is 35.5. The van der Waals surface area contributed by atoms with Crippen LogP contribution in [0.3, 0.4) is 0 Å². The summed E-state index contributed by atoms with van der Waals surface area (Å²) in [5.74, 6) is 0.212. The van der Waals surface area contributed by atoms with Gasteiger partial charge in [-0.15, -0.1) is 11.8 Å². The first-order valence-electron chi connectivity index (χ1n) is 8.18. The maximum absolute atomic E-state index is 10.9. The first-order valence-corrected chi connectivity index (χ1v) is 9.92. The number of halogens is 2. The monoisotopic (exact) mass is 390 g/mol. The van der Waals surface area contributed by atoms with E-state index < -0.39 is 5.97 Å². The zero-order chi connectivity index (χ0) is 17.5. The number of rotatable bonds is 7. The maximum atomic E-state index is 10.9. The van der Waals surface area contributed by atoms with Gasteiger partial charge in [0.1, 0.15) is 0 Å². The summed E-state index contributed by atoms with van der Waals surface area (Å²) in [5, 5.41) is 10.4. The standard InChI is InChI=1S/C17H24Cl2N2O2S/c1-20(12-17(22)23)14-3-2-7-21(8-6-14)9-10-24-16-11-13(18)4-5-15(16)19/h4-5,11,14H,2-3,6-10,12H2,1H3,(H,22,23). The molecule has 0 spiro atoms. The van der Waals surface area contributed by atoms with Gasteiger partial charge in [-0.2, -0.15) is 0 Å². The summed E-state index contributed by atoms with van der Waals surface area (Å²) in [4.78, 5) is 16.3. The van der Waals surface area contributed by atoms with E-state index in [9.17, 15) is 4.79 Å². The summed E-state index contributed by atoms with van der Waals surface area (Å²) < 4.78 is 0. The molecular weight excluding hydrogens is 367 g/mol. The zero-order valence-corrected chi connectivity index (χ0v) is 16.2. The summed E-state index contributed by atoms with van der Waals surface area (Å²) in [5.41, 5.74) is 0. The van der Waals surface area contributed by atoms with Gasteiger partial charge in [-0.05, 0) is 57.6 Å². The van der Waals surface area contributed by atoms with Crippen molar-refractivity contribution in [3.05, 3.63) is 28.2 Å². The number of thioether (sulfide) groups is 1. The van der Waals surface area contributed by atoms with Gasteiger partial charge in [0.2, 0.25) is 0 Å². The average Bonchev–Trinajstić information content (AvgIpc) is 2.76. The molecule has 1 N–H and O–H groups in total. The van der Waals surface area contributed by atoms with Gasteiger partial charge in [0.25, 0.3) is 0 Å². The molecule has 0 bridgehead atoms. The molecule has 0 aromatic heterocycles. The highest BCUT2D eigenvalue weighted by molar-refractivity contribution is 7.99. The number of likely N-dealkylation sites (N-methyl/N-ethyl adjacent to an activating group) is 1. The van der Waals surface area contributed by atoms with Crippen molar-refractivity contribution in [1.82, 2.24) is 9.80 Å². The third kappa shape index (κ3) is 6.45. The molecule has 2 rings (SSSR count). The fraction of sp³-hybridized carbons (Fsp3) is 0.588. The van der Waals surface area contributed by atoms with Gasteiger partial charge in [-0.1, -0.05) is 23.2 Å². The van der Waals surface area contributed by atoms with Crippen molar-refractivity contribution in [2.75, 3.05) is 39.0 Å². The predicted molar refractivity (Wildman–Crippen MR) is 102 cm³/mol. The molecule has 0 saturated carbocycles. The van der Waals surface area contributed by atoms with Crippen molar-refractivity contribution >= 4 is 40.9 Å². The van der Waals surface area contributed by atoms with Gasteiger partial charge in [-0.25, -0.2) is 0 Å². The number of benzene rings is 1. The Morgan fingerprint density at radius 1 is 1.38 bits per heavy atom. The minimum atomic E-state index is -0.756. The van der Waals surface area contributed by atoms with E-state index in [2.05, 4.69) is 4.90 Å². The Morgan fingerprint density at radius 2 is 2.17 bits per heavy atom. The van der Waals surface area contributed by atoms with Crippen molar-refractivity contribution in [3.8, 4) is 0 Å². The molecule has 1 aromatic rings. The lowest BCUT2D eigenvalue weighted by atomic mass is 10.1. The molecule has 1 atom stereocenters. The zero-order valence-electron chi connectivity index (χ0n) is 13.9. The maximum Gasteiger partial charge on any atom is 0.317 e. The first kappa shape index (κ1) is 19.9. The van der Waals surface area contributed by atoms with E-state index in [0.717, 1.165) is 54.6 Å². The van der Waals surface area contributed by atoms with Crippen molar-refractivity contribution in [1.29, 1.82) is 0 Å². The smallest absolute Gasteiger partial charge is 0.317 e. The number of hydrogen-bond acceptors (Lipinski definition) is 4.